The van der Waals surface area contributed by atoms with Gasteiger partial charge >= 0.3 is 0 Å². The molecule has 0 saturated carbocycles. The first kappa shape index (κ1) is 14.0. The molecule has 6 heteroatoms. The number of nitrogens with zero attached hydrogens (tertiary/aromatic N) is 3. The zero-order valence-corrected chi connectivity index (χ0v) is 13.3. The van der Waals surface area contributed by atoms with E-state index < -0.39 is 0 Å². The van der Waals surface area contributed by atoms with Gasteiger partial charge in [0.15, 0.2) is 5.16 Å². The number of rotatable bonds is 4. The normalized spacial score (nSPS) is 11.2. The summed E-state index contributed by atoms with van der Waals surface area (Å²) in [6, 6.07) is 16.0. The minimum absolute atomic E-state index is 0.582. The monoisotopic (exact) mass is 322 g/mol. The predicted molar refractivity (Wildman–Crippen MR) is 90.1 cm³/mol. The number of aromatic nitrogens is 4. The Morgan fingerprint density at radius 1 is 1.04 bits per heavy atom. The Balaban J connectivity index is 1.51. The van der Waals surface area contributed by atoms with Gasteiger partial charge in [-0.3, -0.25) is 0 Å². The van der Waals surface area contributed by atoms with Crippen molar-refractivity contribution in [2.45, 2.75) is 17.8 Å². The van der Waals surface area contributed by atoms with Gasteiger partial charge in [-0.05, 0) is 24.6 Å². The van der Waals surface area contributed by atoms with Gasteiger partial charge in [0.25, 0.3) is 0 Å². The standard InChI is InChI=1S/C17H14N4OS/c1-11-6-2-3-7-12(11)16-20-15(22-21-16)10-23-17-18-13-8-4-5-9-14(13)19-17/h2-9H,10H2,1H3,(H,18,19). The number of benzene rings is 2. The average molecular weight is 322 g/mol. The first-order chi connectivity index (χ1) is 11.3. The van der Waals surface area contributed by atoms with Crippen molar-refractivity contribution in [3.63, 3.8) is 0 Å². The maximum atomic E-state index is 5.35. The van der Waals surface area contributed by atoms with Crippen molar-refractivity contribution in [3.8, 4) is 11.4 Å². The lowest BCUT2D eigenvalue weighted by atomic mass is 10.1. The lowest BCUT2D eigenvalue weighted by Crippen LogP contribution is -1.86. The van der Waals surface area contributed by atoms with Gasteiger partial charge in [-0.15, -0.1) is 0 Å². The van der Waals surface area contributed by atoms with Gasteiger partial charge in [-0.1, -0.05) is 53.3 Å². The van der Waals surface area contributed by atoms with Crippen LogP contribution in [0.4, 0.5) is 0 Å². The van der Waals surface area contributed by atoms with E-state index in [2.05, 4.69) is 20.1 Å². The van der Waals surface area contributed by atoms with E-state index in [1.165, 1.54) is 0 Å². The summed E-state index contributed by atoms with van der Waals surface area (Å²) in [6.45, 7) is 2.04. The fourth-order valence-electron chi connectivity index (χ4n) is 2.37. The van der Waals surface area contributed by atoms with E-state index in [-0.39, 0.29) is 0 Å². The summed E-state index contributed by atoms with van der Waals surface area (Å²) in [6.07, 6.45) is 0. The lowest BCUT2D eigenvalue weighted by molar-refractivity contribution is 0.391. The summed E-state index contributed by atoms with van der Waals surface area (Å²) < 4.78 is 5.35. The maximum absolute atomic E-state index is 5.35. The average Bonchev–Trinajstić information content (AvgIpc) is 3.19. The lowest BCUT2D eigenvalue weighted by Gasteiger charge is -1.97. The summed E-state index contributed by atoms with van der Waals surface area (Å²) >= 11 is 1.55. The third-order valence-corrected chi connectivity index (χ3v) is 4.41. The molecule has 0 aliphatic heterocycles. The molecule has 1 N–H and O–H groups in total. The summed E-state index contributed by atoms with van der Waals surface area (Å²) in [4.78, 5) is 12.3. The van der Waals surface area contributed by atoms with Crippen LogP contribution in [0, 0.1) is 6.92 Å². The van der Waals surface area contributed by atoms with Gasteiger partial charge in [0, 0.05) is 5.56 Å². The van der Waals surface area contributed by atoms with Crippen molar-refractivity contribution < 1.29 is 4.52 Å². The number of aromatic amines is 1. The summed E-state index contributed by atoms with van der Waals surface area (Å²) in [5, 5.41) is 4.92. The van der Waals surface area contributed by atoms with Crippen LogP contribution in [0.1, 0.15) is 11.5 Å². The highest BCUT2D eigenvalue weighted by Gasteiger charge is 2.11. The largest absolute Gasteiger partial charge is 0.338 e. The van der Waals surface area contributed by atoms with E-state index >= 15 is 0 Å². The zero-order valence-electron chi connectivity index (χ0n) is 12.5. The van der Waals surface area contributed by atoms with E-state index in [4.69, 9.17) is 4.52 Å². The van der Waals surface area contributed by atoms with Gasteiger partial charge in [0.05, 0.1) is 16.8 Å². The molecule has 4 aromatic rings. The molecule has 2 aromatic heterocycles. The van der Waals surface area contributed by atoms with Crippen LogP contribution >= 0.6 is 11.8 Å². The third kappa shape index (κ3) is 2.85. The number of fused-ring (bicyclic) bond motifs is 1. The Kier molecular flexibility index (Phi) is 3.59. The number of aryl methyl sites for hydroxylation is 1. The number of imidazole rings is 1. The molecule has 5 nitrogen and oxygen atoms in total. The van der Waals surface area contributed by atoms with Crippen molar-refractivity contribution in [1.29, 1.82) is 0 Å². The molecule has 0 bridgehead atoms. The van der Waals surface area contributed by atoms with Gasteiger partial charge < -0.3 is 9.51 Å². The molecule has 0 fully saturated rings. The highest BCUT2D eigenvalue weighted by Crippen LogP contribution is 2.24. The Hall–Kier alpha value is -2.60. The van der Waals surface area contributed by atoms with Crippen molar-refractivity contribution in [1.82, 2.24) is 20.1 Å². The molecule has 2 heterocycles. The van der Waals surface area contributed by atoms with Gasteiger partial charge in [-0.2, -0.15) is 4.98 Å². The molecular formula is C17H14N4OS. The molecule has 114 valence electrons. The summed E-state index contributed by atoms with van der Waals surface area (Å²) in [5.41, 5.74) is 4.11. The maximum Gasteiger partial charge on any atom is 0.237 e. The molecule has 0 radical (unpaired) electrons. The van der Waals surface area contributed by atoms with E-state index in [0.717, 1.165) is 27.3 Å². The SMILES string of the molecule is Cc1ccccc1-c1noc(CSc2nc3ccccc3[nH]2)n1. The minimum atomic E-state index is 0.582. The van der Waals surface area contributed by atoms with Crippen LogP contribution in [-0.2, 0) is 5.75 Å². The van der Waals surface area contributed by atoms with E-state index in [1.54, 1.807) is 11.8 Å². The Bertz CT molecular complexity index is 927. The summed E-state index contributed by atoms with van der Waals surface area (Å²) in [7, 11) is 0. The molecule has 0 aliphatic rings. The van der Waals surface area contributed by atoms with Crippen molar-refractivity contribution in [2.75, 3.05) is 0 Å². The molecule has 0 atom stereocenters. The molecule has 0 saturated heterocycles. The Labute approximate surface area is 137 Å². The van der Waals surface area contributed by atoms with Crippen LogP contribution < -0.4 is 0 Å². The second-order valence-electron chi connectivity index (χ2n) is 5.17. The Morgan fingerprint density at radius 3 is 2.74 bits per heavy atom. The van der Waals surface area contributed by atoms with Gasteiger partial charge in [0.1, 0.15) is 0 Å². The van der Waals surface area contributed by atoms with Crippen LogP contribution in [0.3, 0.4) is 0 Å². The van der Waals surface area contributed by atoms with Crippen LogP contribution in [0.2, 0.25) is 0 Å². The highest BCUT2D eigenvalue weighted by molar-refractivity contribution is 7.98. The molecule has 23 heavy (non-hydrogen) atoms. The molecule has 0 aliphatic carbocycles. The van der Waals surface area contributed by atoms with Crippen LogP contribution in [0.5, 0.6) is 0 Å². The number of hydrogen-bond acceptors (Lipinski definition) is 5. The molecule has 0 unspecified atom stereocenters. The van der Waals surface area contributed by atoms with Crippen LogP contribution in [0.25, 0.3) is 22.4 Å². The first-order valence-corrected chi connectivity index (χ1v) is 8.24. The smallest absolute Gasteiger partial charge is 0.237 e. The minimum Gasteiger partial charge on any atom is -0.338 e. The molecule has 4 rings (SSSR count). The zero-order chi connectivity index (χ0) is 15.6. The predicted octanol–water partition coefficient (Wildman–Crippen LogP) is 4.21. The second kappa shape index (κ2) is 5.89. The molecular weight excluding hydrogens is 308 g/mol. The summed E-state index contributed by atoms with van der Waals surface area (Å²) in [5.74, 6) is 1.80. The first-order valence-electron chi connectivity index (χ1n) is 7.26. The number of H-pyrrole nitrogens is 1. The number of para-hydroxylation sites is 2. The second-order valence-corrected chi connectivity index (χ2v) is 6.14. The van der Waals surface area contributed by atoms with Crippen molar-refractivity contribution in [2.24, 2.45) is 0 Å². The Morgan fingerprint density at radius 2 is 1.87 bits per heavy atom. The number of nitrogens with one attached hydrogen (secondary N) is 1. The highest BCUT2D eigenvalue weighted by atomic mass is 32.2. The quantitative estimate of drug-likeness (QED) is 0.570. The van der Waals surface area contributed by atoms with Crippen molar-refractivity contribution >= 4 is 22.8 Å². The number of thioether (sulfide) groups is 1. The van der Waals surface area contributed by atoms with Gasteiger partial charge in [-0.25, -0.2) is 4.98 Å². The third-order valence-electron chi connectivity index (χ3n) is 3.55. The fourth-order valence-corrected chi connectivity index (χ4v) is 3.10. The van der Waals surface area contributed by atoms with Crippen LogP contribution in [-0.4, -0.2) is 20.1 Å². The van der Waals surface area contributed by atoms with E-state index in [9.17, 15) is 0 Å². The fraction of sp³-hybridized carbons (Fsp3) is 0.118. The molecule has 0 amide bonds. The topological polar surface area (TPSA) is 67.6 Å². The van der Waals surface area contributed by atoms with Crippen LogP contribution in [0.15, 0.2) is 58.2 Å². The van der Waals surface area contributed by atoms with Crippen molar-refractivity contribution in [3.05, 3.63) is 60.0 Å². The van der Waals surface area contributed by atoms with E-state index in [0.29, 0.717) is 17.5 Å². The van der Waals surface area contributed by atoms with Gasteiger partial charge in [0.2, 0.25) is 11.7 Å². The molecule has 2 aromatic carbocycles. The van der Waals surface area contributed by atoms with E-state index in [1.807, 2.05) is 55.5 Å². The number of hydrogen-bond donors (Lipinski definition) is 1. The molecule has 0 spiro atoms.